The van der Waals surface area contributed by atoms with Crippen LogP contribution in [0.2, 0.25) is 0 Å². The van der Waals surface area contributed by atoms with Crippen LogP contribution < -0.4 is 14.5 Å². The highest BCUT2D eigenvalue weighted by Gasteiger charge is 2.49. The van der Waals surface area contributed by atoms with Crippen molar-refractivity contribution >= 4 is 28.2 Å². The highest BCUT2D eigenvalue weighted by Crippen LogP contribution is 2.42. The van der Waals surface area contributed by atoms with Crippen molar-refractivity contribution in [1.29, 1.82) is 0 Å². The molecule has 7 rings (SSSR count). The molecule has 0 radical (unpaired) electrons. The molecule has 4 aliphatic heterocycles. The van der Waals surface area contributed by atoms with Gasteiger partial charge in [-0.1, -0.05) is 24.3 Å². The number of aromatic nitrogens is 2. The fourth-order valence-electron chi connectivity index (χ4n) is 6.75. The van der Waals surface area contributed by atoms with Gasteiger partial charge in [0.25, 0.3) is 5.91 Å². The van der Waals surface area contributed by atoms with E-state index in [1.807, 2.05) is 24.3 Å². The molecule has 204 valence electrons. The minimum atomic E-state index is -0.842. The van der Waals surface area contributed by atoms with E-state index in [4.69, 9.17) is 19.4 Å². The Balaban J connectivity index is 1.26. The van der Waals surface area contributed by atoms with E-state index in [-0.39, 0.29) is 29.8 Å². The van der Waals surface area contributed by atoms with Gasteiger partial charge in [0.2, 0.25) is 0 Å². The number of nitrogens with zero attached hydrogens (tertiary/aromatic N) is 5. The third kappa shape index (κ3) is 4.26. The molecule has 0 spiro atoms. The molecule has 39 heavy (non-hydrogen) atoms. The Morgan fingerprint density at radius 1 is 1.13 bits per heavy atom. The molecule has 3 aromatic rings. The molecule has 3 saturated heterocycles. The number of amides is 1. The van der Waals surface area contributed by atoms with Crippen LogP contribution in [0.1, 0.15) is 41.7 Å². The van der Waals surface area contributed by atoms with Crippen molar-refractivity contribution in [2.75, 3.05) is 55.8 Å². The minimum Gasteiger partial charge on any atom is -0.508 e. The first-order chi connectivity index (χ1) is 19.0. The van der Waals surface area contributed by atoms with Gasteiger partial charge in [0.1, 0.15) is 29.9 Å². The zero-order valence-electron chi connectivity index (χ0n) is 21.8. The zero-order chi connectivity index (χ0) is 26.6. The van der Waals surface area contributed by atoms with Gasteiger partial charge in [-0.05, 0) is 37.3 Å². The number of benzene rings is 2. The van der Waals surface area contributed by atoms with Crippen molar-refractivity contribution in [3.63, 3.8) is 0 Å². The normalized spacial score (nSPS) is 25.3. The molecule has 2 aromatic carbocycles. The highest BCUT2D eigenvalue weighted by molar-refractivity contribution is 6.16. The second kappa shape index (κ2) is 9.60. The van der Waals surface area contributed by atoms with E-state index < -0.39 is 6.17 Å². The number of hydrogen-bond acceptors (Lipinski definition) is 8. The number of alkyl halides is 1. The maximum absolute atomic E-state index is 14.3. The number of phenolic OH excluding ortho intramolecular Hbond substituents is 1. The summed E-state index contributed by atoms with van der Waals surface area (Å²) in [6.45, 7) is 4.40. The second-order valence-corrected chi connectivity index (χ2v) is 11.0. The first kappa shape index (κ1) is 24.5. The monoisotopic (exact) mass is 533 g/mol. The molecule has 2 unspecified atom stereocenters. The summed E-state index contributed by atoms with van der Waals surface area (Å²) in [7, 11) is 0. The Hall–Kier alpha value is -3.50. The molecule has 0 saturated carbocycles. The summed E-state index contributed by atoms with van der Waals surface area (Å²) < 4.78 is 26.2. The van der Waals surface area contributed by atoms with Crippen LogP contribution in [-0.4, -0.2) is 83.6 Å². The molecular formula is C29H32FN5O4. The van der Waals surface area contributed by atoms with Crippen LogP contribution in [0.25, 0.3) is 10.8 Å². The van der Waals surface area contributed by atoms with Crippen LogP contribution in [0.4, 0.5) is 15.9 Å². The number of carbonyl (C=O) groups excluding carboxylic acids is 1. The lowest BCUT2D eigenvalue weighted by Gasteiger charge is -2.31. The molecule has 1 amide bonds. The van der Waals surface area contributed by atoms with Crippen molar-refractivity contribution in [2.24, 2.45) is 0 Å². The summed E-state index contributed by atoms with van der Waals surface area (Å²) in [5.41, 5.74) is 1.36. The van der Waals surface area contributed by atoms with E-state index in [0.29, 0.717) is 68.6 Å². The lowest BCUT2D eigenvalue weighted by Crippen LogP contribution is -2.43. The molecule has 0 bridgehead atoms. The molecule has 3 fully saturated rings. The number of rotatable bonds is 5. The fraction of sp³-hybridized carbons (Fsp3) is 0.483. The van der Waals surface area contributed by atoms with Crippen LogP contribution in [0.5, 0.6) is 11.8 Å². The van der Waals surface area contributed by atoms with Gasteiger partial charge < -0.3 is 24.4 Å². The van der Waals surface area contributed by atoms with Crippen LogP contribution in [0, 0.1) is 0 Å². The highest BCUT2D eigenvalue weighted by atomic mass is 19.1. The molecule has 1 aromatic heterocycles. The van der Waals surface area contributed by atoms with Crippen molar-refractivity contribution < 1.29 is 23.8 Å². The Kier molecular flexibility index (Phi) is 6.04. The quantitative estimate of drug-likeness (QED) is 0.531. The standard InChI is InChI=1S/C29H32FN5O4/c30-20-15-29(7-3-9-34(29)16-20)18-39-28-31-23-17-35(24-14-21(36)13-19-5-1-2-6-22(19)24)27(37)25(23)26(32-28)33-8-4-11-38-12-10-33/h1-2,5-6,13-14,20,36H,3-4,7-12,15-18H2. The third-order valence-corrected chi connectivity index (χ3v) is 8.58. The smallest absolute Gasteiger partial charge is 0.318 e. The van der Waals surface area contributed by atoms with E-state index >= 15 is 0 Å². The molecular weight excluding hydrogens is 501 g/mol. The van der Waals surface area contributed by atoms with Gasteiger partial charge in [-0.25, -0.2) is 4.39 Å². The number of fused-ring (bicyclic) bond motifs is 3. The topological polar surface area (TPSA) is 91.3 Å². The summed E-state index contributed by atoms with van der Waals surface area (Å²) in [6, 6.07) is 11.2. The maximum atomic E-state index is 14.3. The van der Waals surface area contributed by atoms with Crippen LogP contribution >= 0.6 is 0 Å². The first-order valence-electron chi connectivity index (χ1n) is 13.8. The number of aromatic hydroxyl groups is 1. The minimum absolute atomic E-state index is 0.0931. The maximum Gasteiger partial charge on any atom is 0.318 e. The predicted molar refractivity (Wildman–Crippen MR) is 144 cm³/mol. The fourth-order valence-corrected chi connectivity index (χ4v) is 6.75. The Bertz CT molecular complexity index is 1430. The predicted octanol–water partition coefficient (Wildman–Crippen LogP) is 3.68. The van der Waals surface area contributed by atoms with E-state index in [2.05, 4.69) is 9.80 Å². The second-order valence-electron chi connectivity index (χ2n) is 11.0. The van der Waals surface area contributed by atoms with Crippen molar-refractivity contribution in [2.45, 2.75) is 43.9 Å². The molecule has 1 N–H and O–H groups in total. The SMILES string of the molecule is O=C1c2c(nc(OCC34CCCN3CC(F)C4)nc2N2CCCOCC2)CN1c1cc(O)cc2ccccc12. The van der Waals surface area contributed by atoms with Gasteiger partial charge in [-0.2, -0.15) is 9.97 Å². The summed E-state index contributed by atoms with van der Waals surface area (Å²) in [4.78, 5) is 29.4. The Morgan fingerprint density at radius 3 is 2.95 bits per heavy atom. The molecule has 9 nitrogen and oxygen atoms in total. The zero-order valence-corrected chi connectivity index (χ0v) is 21.8. The number of anilines is 2. The van der Waals surface area contributed by atoms with Gasteiger partial charge >= 0.3 is 6.01 Å². The molecule has 5 heterocycles. The number of ether oxygens (including phenoxy) is 2. The average Bonchev–Trinajstić information content (AvgIpc) is 3.46. The number of phenols is 1. The van der Waals surface area contributed by atoms with E-state index in [1.54, 1.807) is 17.0 Å². The first-order valence-corrected chi connectivity index (χ1v) is 13.8. The van der Waals surface area contributed by atoms with Crippen LogP contribution in [0.3, 0.4) is 0 Å². The molecule has 0 aliphatic carbocycles. The summed E-state index contributed by atoms with van der Waals surface area (Å²) in [5, 5.41) is 12.2. The molecule has 10 heteroatoms. The van der Waals surface area contributed by atoms with Crippen LogP contribution in [-0.2, 0) is 11.3 Å². The number of carbonyl (C=O) groups is 1. The van der Waals surface area contributed by atoms with Crippen LogP contribution in [0.15, 0.2) is 36.4 Å². The van der Waals surface area contributed by atoms with Crippen molar-refractivity contribution in [1.82, 2.24) is 14.9 Å². The van der Waals surface area contributed by atoms with E-state index in [0.717, 1.165) is 36.6 Å². The van der Waals surface area contributed by atoms with Gasteiger partial charge in [-0.15, -0.1) is 0 Å². The Morgan fingerprint density at radius 2 is 2.03 bits per heavy atom. The van der Waals surface area contributed by atoms with Gasteiger partial charge in [-0.3, -0.25) is 9.69 Å². The number of halogens is 1. The van der Waals surface area contributed by atoms with Crippen molar-refractivity contribution in [3.05, 3.63) is 47.7 Å². The van der Waals surface area contributed by atoms with Gasteiger partial charge in [0.15, 0.2) is 0 Å². The molecule has 2 atom stereocenters. The lowest BCUT2D eigenvalue weighted by atomic mass is 9.95. The van der Waals surface area contributed by atoms with E-state index in [9.17, 15) is 14.3 Å². The lowest BCUT2D eigenvalue weighted by molar-refractivity contribution is 0.0996. The summed E-state index contributed by atoms with van der Waals surface area (Å²) >= 11 is 0. The van der Waals surface area contributed by atoms with Crippen molar-refractivity contribution in [3.8, 4) is 11.8 Å². The summed E-state index contributed by atoms with van der Waals surface area (Å²) in [6.07, 6.45) is 2.36. The number of hydrogen-bond donors (Lipinski definition) is 1. The largest absolute Gasteiger partial charge is 0.508 e. The third-order valence-electron chi connectivity index (χ3n) is 8.58. The Labute approximate surface area is 226 Å². The van der Waals surface area contributed by atoms with Gasteiger partial charge in [0.05, 0.1) is 30.1 Å². The average molecular weight is 534 g/mol. The van der Waals surface area contributed by atoms with E-state index in [1.165, 1.54) is 0 Å². The summed E-state index contributed by atoms with van der Waals surface area (Å²) in [5.74, 6) is 0.438. The van der Waals surface area contributed by atoms with Gasteiger partial charge in [0, 0.05) is 44.1 Å². The molecule has 4 aliphatic rings.